The Morgan fingerprint density at radius 3 is 2.36 bits per heavy atom. The molecule has 1 N–H and O–H groups in total. The van der Waals surface area contributed by atoms with Crippen molar-refractivity contribution < 1.29 is 9.90 Å². The van der Waals surface area contributed by atoms with Gasteiger partial charge in [-0.2, -0.15) is 12.6 Å². The summed E-state index contributed by atoms with van der Waals surface area (Å²) in [4.78, 5) is 10.8. The van der Waals surface area contributed by atoms with Crippen LogP contribution in [0.1, 0.15) is 52.4 Å². The summed E-state index contributed by atoms with van der Waals surface area (Å²) in [5.74, 6) is -0.983. The highest BCUT2D eigenvalue weighted by molar-refractivity contribution is 7.81. The molecule has 3 heteroatoms. The van der Waals surface area contributed by atoms with Crippen LogP contribution >= 0.6 is 12.6 Å². The number of carbonyl (C=O) groups is 1. The molecule has 0 saturated heterocycles. The first kappa shape index (κ1) is 13.8. The molecule has 0 amide bonds. The van der Waals surface area contributed by atoms with Gasteiger partial charge in [0.15, 0.2) is 0 Å². The van der Waals surface area contributed by atoms with Crippen molar-refractivity contribution in [1.29, 1.82) is 0 Å². The molecule has 0 aliphatic carbocycles. The number of hydrogen-bond donors (Lipinski definition) is 2. The van der Waals surface area contributed by atoms with Crippen molar-refractivity contribution in [1.82, 2.24) is 0 Å². The van der Waals surface area contributed by atoms with Crippen LogP contribution in [0.5, 0.6) is 0 Å². The van der Waals surface area contributed by atoms with Crippen molar-refractivity contribution in [2.75, 3.05) is 0 Å². The number of rotatable bonds is 8. The van der Waals surface area contributed by atoms with Gasteiger partial charge in [0.25, 0.3) is 0 Å². The van der Waals surface area contributed by atoms with E-state index < -0.39 is 5.97 Å². The largest absolute Gasteiger partial charge is 0.481 e. The zero-order chi connectivity index (χ0) is 11.0. The van der Waals surface area contributed by atoms with E-state index in [2.05, 4.69) is 19.6 Å². The Balaban J connectivity index is 3.69. The molecular formula is C11H22O2S. The molecule has 0 bridgehead atoms. The summed E-state index contributed by atoms with van der Waals surface area (Å²) < 4.78 is 0. The quantitative estimate of drug-likeness (QED) is 0.484. The Labute approximate surface area is 92.5 Å². The first-order valence-corrected chi connectivity index (χ1v) is 6.06. The van der Waals surface area contributed by atoms with Gasteiger partial charge in [0, 0.05) is 5.25 Å². The van der Waals surface area contributed by atoms with Crippen LogP contribution in [-0.2, 0) is 4.79 Å². The van der Waals surface area contributed by atoms with Crippen LogP contribution in [0.3, 0.4) is 0 Å². The fourth-order valence-corrected chi connectivity index (χ4v) is 2.11. The summed E-state index contributed by atoms with van der Waals surface area (Å²) in [6, 6.07) is 0. The van der Waals surface area contributed by atoms with Gasteiger partial charge in [-0.05, 0) is 12.8 Å². The van der Waals surface area contributed by atoms with Crippen LogP contribution in [0.25, 0.3) is 0 Å². The van der Waals surface area contributed by atoms with Crippen molar-refractivity contribution >= 4 is 18.6 Å². The first-order valence-electron chi connectivity index (χ1n) is 5.54. The lowest BCUT2D eigenvalue weighted by Crippen LogP contribution is -2.23. The van der Waals surface area contributed by atoms with E-state index in [0.717, 1.165) is 12.8 Å². The number of aliphatic carboxylic acids is 1. The minimum absolute atomic E-state index is 0.0226. The third-order valence-corrected chi connectivity index (χ3v) is 3.19. The van der Waals surface area contributed by atoms with Gasteiger partial charge in [-0.25, -0.2) is 0 Å². The zero-order valence-electron chi connectivity index (χ0n) is 9.20. The van der Waals surface area contributed by atoms with E-state index in [4.69, 9.17) is 5.11 Å². The van der Waals surface area contributed by atoms with Crippen LogP contribution < -0.4 is 0 Å². The Morgan fingerprint density at radius 1 is 1.29 bits per heavy atom. The molecule has 2 unspecified atom stereocenters. The molecule has 14 heavy (non-hydrogen) atoms. The summed E-state index contributed by atoms with van der Waals surface area (Å²) in [6.07, 6.45) is 6.36. The maximum Gasteiger partial charge on any atom is 0.307 e. The molecule has 0 aromatic heterocycles. The van der Waals surface area contributed by atoms with Crippen LogP contribution in [0, 0.1) is 5.92 Å². The molecule has 0 heterocycles. The lowest BCUT2D eigenvalue weighted by molar-refractivity contribution is -0.141. The van der Waals surface area contributed by atoms with Crippen molar-refractivity contribution in [2.24, 2.45) is 5.92 Å². The Morgan fingerprint density at radius 2 is 1.93 bits per heavy atom. The van der Waals surface area contributed by atoms with Gasteiger partial charge in [-0.3, -0.25) is 4.79 Å². The predicted molar refractivity (Wildman–Crippen MR) is 62.9 cm³/mol. The Bertz CT molecular complexity index is 159. The summed E-state index contributed by atoms with van der Waals surface area (Å²) in [5.41, 5.74) is 0. The molecule has 2 nitrogen and oxygen atoms in total. The van der Waals surface area contributed by atoms with E-state index in [1.54, 1.807) is 0 Å². The zero-order valence-corrected chi connectivity index (χ0v) is 10.1. The Kier molecular flexibility index (Phi) is 8.05. The van der Waals surface area contributed by atoms with Crippen molar-refractivity contribution in [3.63, 3.8) is 0 Å². The number of unbranched alkanes of at least 4 members (excludes halogenated alkanes) is 3. The maximum absolute atomic E-state index is 10.8. The standard InChI is InChI=1S/C11H22O2S/c1-3-5-6-7-8-10(14)9(4-2)11(12)13/h9-10,14H,3-8H2,1-2H3,(H,12,13). The third kappa shape index (κ3) is 5.53. The van der Waals surface area contributed by atoms with Crippen LogP contribution in [0.4, 0.5) is 0 Å². The summed E-state index contributed by atoms with van der Waals surface area (Å²) in [5, 5.41) is 8.92. The number of hydrogen-bond acceptors (Lipinski definition) is 2. The highest BCUT2D eigenvalue weighted by Crippen LogP contribution is 2.20. The molecule has 0 rings (SSSR count). The van der Waals surface area contributed by atoms with Gasteiger partial charge in [0.1, 0.15) is 0 Å². The van der Waals surface area contributed by atoms with E-state index >= 15 is 0 Å². The van der Waals surface area contributed by atoms with Crippen LogP contribution in [0.15, 0.2) is 0 Å². The van der Waals surface area contributed by atoms with E-state index in [1.165, 1.54) is 19.3 Å². The third-order valence-electron chi connectivity index (χ3n) is 2.57. The smallest absolute Gasteiger partial charge is 0.307 e. The van der Waals surface area contributed by atoms with Gasteiger partial charge >= 0.3 is 5.97 Å². The van der Waals surface area contributed by atoms with Gasteiger partial charge in [0.05, 0.1) is 5.92 Å². The second-order valence-corrected chi connectivity index (χ2v) is 4.43. The molecule has 84 valence electrons. The minimum atomic E-state index is -0.706. The number of carboxylic acid groups (broad SMARTS) is 1. The number of carboxylic acids is 1. The summed E-state index contributed by atoms with van der Waals surface area (Å²) in [6.45, 7) is 4.08. The predicted octanol–water partition coefficient (Wildman–Crippen LogP) is 3.37. The van der Waals surface area contributed by atoms with Crippen LogP contribution in [0.2, 0.25) is 0 Å². The number of thiol groups is 1. The average Bonchev–Trinajstić information content (AvgIpc) is 2.13. The molecule has 0 radical (unpaired) electrons. The van der Waals surface area contributed by atoms with Crippen molar-refractivity contribution in [3.05, 3.63) is 0 Å². The Hall–Kier alpha value is -0.180. The molecule has 0 aromatic rings. The fraction of sp³-hybridized carbons (Fsp3) is 0.909. The molecule has 0 saturated carbocycles. The molecule has 0 spiro atoms. The van der Waals surface area contributed by atoms with E-state index in [-0.39, 0.29) is 11.2 Å². The second-order valence-electron chi connectivity index (χ2n) is 3.77. The lowest BCUT2D eigenvalue weighted by Gasteiger charge is -2.17. The van der Waals surface area contributed by atoms with E-state index in [1.807, 2.05) is 6.92 Å². The SMILES string of the molecule is CCCCCCC(S)C(CC)C(=O)O. The maximum atomic E-state index is 10.8. The molecule has 0 aliphatic rings. The van der Waals surface area contributed by atoms with Gasteiger partial charge in [-0.15, -0.1) is 0 Å². The highest BCUT2D eigenvalue weighted by Gasteiger charge is 2.22. The second kappa shape index (κ2) is 8.16. The molecule has 2 atom stereocenters. The average molecular weight is 218 g/mol. The first-order chi connectivity index (χ1) is 6.63. The lowest BCUT2D eigenvalue weighted by atomic mass is 9.97. The molecule has 0 fully saturated rings. The topological polar surface area (TPSA) is 37.3 Å². The fourth-order valence-electron chi connectivity index (χ4n) is 1.59. The highest BCUT2D eigenvalue weighted by atomic mass is 32.1. The van der Waals surface area contributed by atoms with E-state index in [9.17, 15) is 4.79 Å². The van der Waals surface area contributed by atoms with E-state index in [0.29, 0.717) is 6.42 Å². The molecule has 0 aromatic carbocycles. The van der Waals surface area contributed by atoms with Gasteiger partial charge in [0.2, 0.25) is 0 Å². The van der Waals surface area contributed by atoms with Crippen molar-refractivity contribution in [3.8, 4) is 0 Å². The van der Waals surface area contributed by atoms with Crippen molar-refractivity contribution in [2.45, 2.75) is 57.6 Å². The van der Waals surface area contributed by atoms with Gasteiger partial charge < -0.3 is 5.11 Å². The molecular weight excluding hydrogens is 196 g/mol. The van der Waals surface area contributed by atoms with Crippen LogP contribution in [-0.4, -0.2) is 16.3 Å². The summed E-state index contributed by atoms with van der Waals surface area (Å²) in [7, 11) is 0. The normalized spacial score (nSPS) is 15.1. The van der Waals surface area contributed by atoms with Gasteiger partial charge in [-0.1, -0.05) is 39.5 Å². The minimum Gasteiger partial charge on any atom is -0.481 e. The monoisotopic (exact) mass is 218 g/mol. The summed E-state index contributed by atoms with van der Waals surface area (Å²) >= 11 is 4.37. The molecule has 0 aliphatic heterocycles.